The average molecular weight is 278 g/mol. The zero-order valence-electron chi connectivity index (χ0n) is 10.2. The maximum absolute atomic E-state index is 11.1. The molecular weight excluding hydrogens is 266 g/mol. The molecule has 2 aromatic rings. The molecule has 0 aliphatic heterocycles. The van der Waals surface area contributed by atoms with Crippen molar-refractivity contribution in [1.82, 2.24) is 0 Å². The minimum absolute atomic E-state index is 0.0314. The summed E-state index contributed by atoms with van der Waals surface area (Å²) in [6.07, 6.45) is 0. The Labute approximate surface area is 115 Å². The van der Waals surface area contributed by atoms with Crippen molar-refractivity contribution < 1.29 is 14.6 Å². The van der Waals surface area contributed by atoms with Crippen LogP contribution in [0.4, 0.5) is 5.69 Å². The Morgan fingerprint density at radius 2 is 1.84 bits per heavy atom. The van der Waals surface area contributed by atoms with E-state index in [-0.39, 0.29) is 11.3 Å². The SMILES string of the molecule is Cc1cc(Oc2ccc(Cl)cc2)cc(C(=O)O)c1N. The van der Waals surface area contributed by atoms with E-state index < -0.39 is 5.97 Å². The van der Waals surface area contributed by atoms with E-state index in [0.717, 1.165) is 0 Å². The summed E-state index contributed by atoms with van der Waals surface area (Å²) in [5, 5.41) is 9.67. The van der Waals surface area contributed by atoms with Gasteiger partial charge in [-0.2, -0.15) is 0 Å². The number of hydrogen-bond acceptors (Lipinski definition) is 3. The first-order chi connectivity index (χ1) is 8.97. The molecular formula is C14H12ClNO3. The molecule has 0 fully saturated rings. The van der Waals surface area contributed by atoms with Crippen LogP contribution in [-0.2, 0) is 0 Å². The summed E-state index contributed by atoms with van der Waals surface area (Å²) in [4.78, 5) is 11.1. The second kappa shape index (κ2) is 5.20. The van der Waals surface area contributed by atoms with Gasteiger partial charge in [0.2, 0.25) is 0 Å². The number of carboxylic acids is 1. The van der Waals surface area contributed by atoms with Crippen molar-refractivity contribution in [2.75, 3.05) is 5.73 Å². The lowest BCUT2D eigenvalue weighted by Gasteiger charge is -2.10. The van der Waals surface area contributed by atoms with Gasteiger partial charge in [-0.3, -0.25) is 0 Å². The monoisotopic (exact) mass is 277 g/mol. The number of hydrogen-bond donors (Lipinski definition) is 2. The third-order valence-electron chi connectivity index (χ3n) is 2.64. The number of rotatable bonds is 3. The van der Waals surface area contributed by atoms with Gasteiger partial charge in [-0.25, -0.2) is 4.79 Å². The van der Waals surface area contributed by atoms with Crippen LogP contribution in [0.3, 0.4) is 0 Å². The number of benzene rings is 2. The first kappa shape index (κ1) is 13.2. The van der Waals surface area contributed by atoms with Gasteiger partial charge in [0.05, 0.1) is 5.56 Å². The van der Waals surface area contributed by atoms with Gasteiger partial charge < -0.3 is 15.6 Å². The molecule has 0 aliphatic carbocycles. The molecule has 5 heteroatoms. The maximum Gasteiger partial charge on any atom is 0.337 e. The lowest BCUT2D eigenvalue weighted by molar-refractivity contribution is 0.0697. The molecule has 0 unspecified atom stereocenters. The van der Waals surface area contributed by atoms with Gasteiger partial charge in [-0.1, -0.05) is 11.6 Å². The van der Waals surface area contributed by atoms with E-state index in [1.807, 2.05) is 0 Å². The van der Waals surface area contributed by atoms with E-state index in [9.17, 15) is 4.79 Å². The molecule has 0 saturated heterocycles. The predicted octanol–water partition coefficient (Wildman–Crippen LogP) is 3.72. The van der Waals surface area contributed by atoms with Crippen LogP contribution in [0.1, 0.15) is 15.9 Å². The molecule has 4 nitrogen and oxygen atoms in total. The fourth-order valence-electron chi connectivity index (χ4n) is 1.64. The smallest absolute Gasteiger partial charge is 0.337 e. The first-order valence-electron chi connectivity index (χ1n) is 5.54. The second-order valence-corrected chi connectivity index (χ2v) is 4.50. The van der Waals surface area contributed by atoms with Crippen LogP contribution in [0.15, 0.2) is 36.4 Å². The first-order valence-corrected chi connectivity index (χ1v) is 5.92. The van der Waals surface area contributed by atoms with Crippen LogP contribution in [0, 0.1) is 6.92 Å². The Hall–Kier alpha value is -2.20. The number of carbonyl (C=O) groups is 1. The summed E-state index contributed by atoms with van der Waals surface area (Å²) in [5.41, 5.74) is 6.65. The van der Waals surface area contributed by atoms with Gasteiger partial charge in [0, 0.05) is 10.7 Å². The topological polar surface area (TPSA) is 72.5 Å². The second-order valence-electron chi connectivity index (χ2n) is 4.06. The zero-order chi connectivity index (χ0) is 14.0. The highest BCUT2D eigenvalue weighted by molar-refractivity contribution is 6.30. The number of carboxylic acid groups (broad SMARTS) is 1. The average Bonchev–Trinajstić information content (AvgIpc) is 2.36. The highest BCUT2D eigenvalue weighted by atomic mass is 35.5. The maximum atomic E-state index is 11.1. The van der Waals surface area contributed by atoms with E-state index in [1.54, 1.807) is 37.3 Å². The van der Waals surface area contributed by atoms with Crippen molar-refractivity contribution in [2.45, 2.75) is 6.92 Å². The number of nitrogens with two attached hydrogens (primary N) is 1. The fraction of sp³-hybridized carbons (Fsp3) is 0.0714. The van der Waals surface area contributed by atoms with Crippen molar-refractivity contribution >= 4 is 23.3 Å². The molecule has 0 saturated carbocycles. The third kappa shape index (κ3) is 2.98. The van der Waals surface area contributed by atoms with E-state index in [2.05, 4.69) is 0 Å². The Kier molecular flexibility index (Phi) is 3.62. The molecule has 0 atom stereocenters. The Bertz CT molecular complexity index is 623. The number of aryl methyl sites for hydroxylation is 1. The quantitative estimate of drug-likeness (QED) is 0.839. The Morgan fingerprint density at radius 3 is 2.42 bits per heavy atom. The molecule has 98 valence electrons. The minimum Gasteiger partial charge on any atom is -0.478 e. The molecule has 3 N–H and O–H groups in total. The standard InChI is InChI=1S/C14H12ClNO3/c1-8-6-11(7-12(13(8)16)14(17)18)19-10-4-2-9(15)3-5-10/h2-7H,16H2,1H3,(H,17,18). The van der Waals surface area contributed by atoms with E-state index in [1.165, 1.54) is 6.07 Å². The number of aromatic carboxylic acids is 1. The third-order valence-corrected chi connectivity index (χ3v) is 2.89. The van der Waals surface area contributed by atoms with Crippen LogP contribution >= 0.6 is 11.6 Å². The van der Waals surface area contributed by atoms with Gasteiger partial charge in [0.15, 0.2) is 0 Å². The van der Waals surface area contributed by atoms with Gasteiger partial charge in [-0.15, -0.1) is 0 Å². The van der Waals surface area contributed by atoms with Crippen LogP contribution < -0.4 is 10.5 Å². The van der Waals surface area contributed by atoms with Crippen LogP contribution in [0.2, 0.25) is 5.02 Å². The Morgan fingerprint density at radius 1 is 1.21 bits per heavy atom. The molecule has 0 aliphatic rings. The zero-order valence-corrected chi connectivity index (χ0v) is 10.9. The minimum atomic E-state index is -1.08. The highest BCUT2D eigenvalue weighted by Crippen LogP contribution is 2.28. The molecule has 0 spiro atoms. The van der Waals surface area contributed by atoms with Crippen molar-refractivity contribution in [3.05, 3.63) is 52.5 Å². The van der Waals surface area contributed by atoms with Crippen molar-refractivity contribution in [1.29, 1.82) is 0 Å². The number of anilines is 1. The summed E-state index contributed by atoms with van der Waals surface area (Å²) in [7, 11) is 0. The highest BCUT2D eigenvalue weighted by Gasteiger charge is 2.12. The van der Waals surface area contributed by atoms with Crippen molar-refractivity contribution in [3.8, 4) is 11.5 Å². The van der Waals surface area contributed by atoms with Gasteiger partial charge in [0.25, 0.3) is 0 Å². The lowest BCUT2D eigenvalue weighted by atomic mass is 10.1. The fourth-order valence-corrected chi connectivity index (χ4v) is 1.77. The van der Waals surface area contributed by atoms with E-state index in [0.29, 0.717) is 22.1 Å². The largest absolute Gasteiger partial charge is 0.478 e. The van der Waals surface area contributed by atoms with Crippen molar-refractivity contribution in [3.63, 3.8) is 0 Å². The van der Waals surface area contributed by atoms with Crippen molar-refractivity contribution in [2.24, 2.45) is 0 Å². The molecule has 0 radical (unpaired) electrons. The predicted molar refractivity (Wildman–Crippen MR) is 74.1 cm³/mol. The number of ether oxygens (including phenoxy) is 1. The van der Waals surface area contributed by atoms with Gasteiger partial charge in [-0.05, 0) is 48.9 Å². The summed E-state index contributed by atoms with van der Waals surface area (Å²) in [6, 6.07) is 9.89. The summed E-state index contributed by atoms with van der Waals surface area (Å²) in [6.45, 7) is 1.73. The van der Waals surface area contributed by atoms with Gasteiger partial charge >= 0.3 is 5.97 Å². The molecule has 0 aromatic heterocycles. The van der Waals surface area contributed by atoms with Gasteiger partial charge in [0.1, 0.15) is 11.5 Å². The molecule has 0 heterocycles. The molecule has 19 heavy (non-hydrogen) atoms. The number of nitrogen functional groups attached to an aromatic ring is 1. The summed E-state index contributed by atoms with van der Waals surface area (Å²) >= 11 is 5.78. The number of halogens is 1. The van der Waals surface area contributed by atoms with Crippen LogP contribution in [0.5, 0.6) is 11.5 Å². The van der Waals surface area contributed by atoms with E-state index >= 15 is 0 Å². The molecule has 0 amide bonds. The van der Waals surface area contributed by atoms with Crippen LogP contribution in [0.25, 0.3) is 0 Å². The van der Waals surface area contributed by atoms with Crippen LogP contribution in [-0.4, -0.2) is 11.1 Å². The molecule has 2 rings (SSSR count). The normalized spacial score (nSPS) is 10.2. The summed E-state index contributed by atoms with van der Waals surface area (Å²) in [5.74, 6) is -0.0847. The molecule has 2 aromatic carbocycles. The van der Waals surface area contributed by atoms with E-state index in [4.69, 9.17) is 27.2 Å². The Balaban J connectivity index is 2.35. The lowest BCUT2D eigenvalue weighted by Crippen LogP contribution is -2.04. The molecule has 0 bridgehead atoms. The summed E-state index contributed by atoms with van der Waals surface area (Å²) < 4.78 is 5.58.